The maximum absolute atomic E-state index is 11.7. The molecule has 4 fully saturated rings. The van der Waals surface area contributed by atoms with E-state index in [2.05, 4.69) is 9.55 Å². The van der Waals surface area contributed by atoms with Crippen LogP contribution in [0, 0.1) is 17.8 Å². The Morgan fingerprint density at radius 1 is 1.30 bits per heavy atom. The van der Waals surface area contributed by atoms with Gasteiger partial charge in [-0.05, 0) is 62.7 Å². The molecule has 1 aromatic rings. The van der Waals surface area contributed by atoms with Crippen LogP contribution < -0.4 is 0 Å². The molecule has 1 aromatic heterocycles. The van der Waals surface area contributed by atoms with E-state index in [-0.39, 0.29) is 5.54 Å². The van der Waals surface area contributed by atoms with Crippen molar-refractivity contribution in [2.75, 3.05) is 0 Å². The normalized spacial score (nSPS) is 38.4. The van der Waals surface area contributed by atoms with Crippen LogP contribution in [-0.2, 0) is 12.0 Å². The number of rotatable bonds is 3. The van der Waals surface area contributed by atoms with Crippen molar-refractivity contribution in [1.82, 2.24) is 9.55 Å². The van der Waals surface area contributed by atoms with Crippen LogP contribution >= 0.6 is 0 Å². The quantitative estimate of drug-likeness (QED) is 0.921. The zero-order valence-electron chi connectivity index (χ0n) is 12.0. The summed E-state index contributed by atoms with van der Waals surface area (Å²) in [6, 6.07) is 0. The Morgan fingerprint density at radius 2 is 1.85 bits per heavy atom. The van der Waals surface area contributed by atoms with Gasteiger partial charge in [-0.2, -0.15) is 0 Å². The number of carbonyl (C=O) groups is 1. The van der Waals surface area contributed by atoms with Crippen LogP contribution in [0.5, 0.6) is 0 Å². The molecule has 20 heavy (non-hydrogen) atoms. The Balaban J connectivity index is 1.81. The highest BCUT2D eigenvalue weighted by Crippen LogP contribution is 2.59. The van der Waals surface area contributed by atoms with Crippen molar-refractivity contribution in [3.05, 3.63) is 17.7 Å². The van der Waals surface area contributed by atoms with Gasteiger partial charge >= 0.3 is 5.97 Å². The summed E-state index contributed by atoms with van der Waals surface area (Å²) in [6.45, 7) is 1.98. The van der Waals surface area contributed by atoms with Gasteiger partial charge in [-0.3, -0.25) is 0 Å². The third-order valence-electron chi connectivity index (χ3n) is 5.90. The topological polar surface area (TPSA) is 55.1 Å². The minimum absolute atomic E-state index is 0.0584. The Labute approximate surface area is 119 Å². The standard InChI is InChI=1S/C16H22N2O2/c1-2-13-14(15(19)20)18(9-17-13)16-6-10-3-11(7-16)5-12(4-10)8-16/h9-12H,2-8H2,1H3,(H,19,20). The average Bonchev–Trinajstić information content (AvgIpc) is 2.81. The van der Waals surface area contributed by atoms with E-state index in [4.69, 9.17) is 0 Å². The molecule has 0 aliphatic heterocycles. The summed E-state index contributed by atoms with van der Waals surface area (Å²) in [7, 11) is 0. The van der Waals surface area contributed by atoms with Crippen LogP contribution in [0.3, 0.4) is 0 Å². The van der Waals surface area contributed by atoms with E-state index in [1.807, 2.05) is 13.3 Å². The van der Waals surface area contributed by atoms with Gasteiger partial charge in [0, 0.05) is 5.54 Å². The summed E-state index contributed by atoms with van der Waals surface area (Å²) in [4.78, 5) is 16.1. The van der Waals surface area contributed by atoms with E-state index in [0.29, 0.717) is 12.1 Å². The largest absolute Gasteiger partial charge is 0.477 e. The molecule has 0 radical (unpaired) electrons. The number of aromatic nitrogens is 2. The Kier molecular flexibility index (Phi) is 2.54. The predicted molar refractivity (Wildman–Crippen MR) is 74.7 cm³/mol. The molecule has 0 aromatic carbocycles. The number of nitrogens with zero attached hydrogens (tertiary/aromatic N) is 2. The fourth-order valence-corrected chi connectivity index (χ4v) is 5.59. The van der Waals surface area contributed by atoms with E-state index in [1.54, 1.807) is 0 Å². The van der Waals surface area contributed by atoms with Gasteiger partial charge in [0.25, 0.3) is 0 Å². The molecule has 5 rings (SSSR count). The number of hydrogen-bond acceptors (Lipinski definition) is 2. The number of aromatic carboxylic acids is 1. The van der Waals surface area contributed by atoms with Gasteiger partial charge in [0.2, 0.25) is 0 Å². The van der Waals surface area contributed by atoms with E-state index in [0.717, 1.165) is 23.4 Å². The highest BCUT2D eigenvalue weighted by atomic mass is 16.4. The minimum Gasteiger partial charge on any atom is -0.477 e. The van der Waals surface area contributed by atoms with E-state index in [9.17, 15) is 9.90 Å². The maximum Gasteiger partial charge on any atom is 0.354 e. The highest BCUT2D eigenvalue weighted by molar-refractivity contribution is 5.87. The van der Waals surface area contributed by atoms with Crippen LogP contribution in [0.15, 0.2) is 6.33 Å². The number of carboxylic acids is 1. The molecule has 108 valence electrons. The Morgan fingerprint density at radius 3 is 2.30 bits per heavy atom. The summed E-state index contributed by atoms with van der Waals surface area (Å²) >= 11 is 0. The number of aryl methyl sites for hydroxylation is 1. The van der Waals surface area contributed by atoms with E-state index < -0.39 is 5.97 Å². The number of carboxylic acid groups (broad SMARTS) is 1. The van der Waals surface area contributed by atoms with Crippen molar-refractivity contribution >= 4 is 5.97 Å². The van der Waals surface area contributed by atoms with Crippen molar-refractivity contribution in [2.24, 2.45) is 17.8 Å². The van der Waals surface area contributed by atoms with Gasteiger partial charge in [-0.1, -0.05) is 6.92 Å². The first kappa shape index (κ1) is 12.4. The van der Waals surface area contributed by atoms with Gasteiger partial charge in [-0.25, -0.2) is 9.78 Å². The molecule has 4 aliphatic carbocycles. The smallest absolute Gasteiger partial charge is 0.354 e. The predicted octanol–water partition coefficient (Wildman–Crippen LogP) is 3.07. The average molecular weight is 274 g/mol. The fraction of sp³-hybridized carbons (Fsp3) is 0.750. The molecule has 0 unspecified atom stereocenters. The molecule has 4 saturated carbocycles. The van der Waals surface area contributed by atoms with E-state index >= 15 is 0 Å². The summed E-state index contributed by atoms with van der Waals surface area (Å²) in [5, 5.41) is 9.61. The van der Waals surface area contributed by atoms with Gasteiger partial charge in [-0.15, -0.1) is 0 Å². The monoisotopic (exact) mass is 274 g/mol. The van der Waals surface area contributed by atoms with Gasteiger partial charge < -0.3 is 9.67 Å². The third-order valence-corrected chi connectivity index (χ3v) is 5.90. The van der Waals surface area contributed by atoms with Gasteiger partial charge in [0.15, 0.2) is 5.69 Å². The summed E-state index contributed by atoms with van der Waals surface area (Å²) in [5.74, 6) is 1.64. The van der Waals surface area contributed by atoms with Crippen molar-refractivity contribution in [2.45, 2.75) is 57.4 Å². The molecule has 1 N–H and O–H groups in total. The second-order valence-electron chi connectivity index (χ2n) is 7.21. The van der Waals surface area contributed by atoms with E-state index in [1.165, 1.54) is 38.5 Å². The van der Waals surface area contributed by atoms with Crippen LogP contribution in [0.25, 0.3) is 0 Å². The lowest BCUT2D eigenvalue weighted by Gasteiger charge is -2.57. The molecule has 0 saturated heterocycles. The lowest BCUT2D eigenvalue weighted by atomic mass is 9.53. The molecule has 0 amide bonds. The molecule has 4 bridgehead atoms. The SMILES string of the molecule is CCc1ncn(C23CC4CC(CC(C4)C2)C3)c1C(=O)O. The minimum atomic E-state index is -0.810. The molecule has 4 heteroatoms. The van der Waals surface area contributed by atoms with Gasteiger partial charge in [0.05, 0.1) is 12.0 Å². The first-order valence-corrected chi connectivity index (χ1v) is 7.91. The molecular weight excluding hydrogens is 252 g/mol. The second-order valence-corrected chi connectivity index (χ2v) is 7.21. The van der Waals surface area contributed by atoms with Crippen LogP contribution in [0.4, 0.5) is 0 Å². The van der Waals surface area contributed by atoms with Gasteiger partial charge in [0.1, 0.15) is 0 Å². The maximum atomic E-state index is 11.7. The van der Waals surface area contributed by atoms with Crippen LogP contribution in [0.2, 0.25) is 0 Å². The molecule has 0 atom stereocenters. The zero-order chi connectivity index (χ0) is 13.9. The first-order chi connectivity index (χ1) is 9.61. The summed E-state index contributed by atoms with van der Waals surface area (Å²) in [5.41, 5.74) is 1.26. The Hall–Kier alpha value is -1.32. The number of hydrogen-bond donors (Lipinski definition) is 1. The molecule has 4 aliphatic rings. The summed E-state index contributed by atoms with van der Waals surface area (Å²) < 4.78 is 2.05. The Bertz CT molecular complexity index is 526. The molecular formula is C16H22N2O2. The lowest BCUT2D eigenvalue weighted by Crippen LogP contribution is -2.52. The molecule has 1 heterocycles. The van der Waals surface area contributed by atoms with Crippen molar-refractivity contribution < 1.29 is 9.90 Å². The van der Waals surface area contributed by atoms with Crippen molar-refractivity contribution in [1.29, 1.82) is 0 Å². The zero-order valence-corrected chi connectivity index (χ0v) is 12.0. The van der Waals surface area contributed by atoms with Crippen LogP contribution in [0.1, 0.15) is 61.6 Å². The second kappa shape index (κ2) is 4.09. The van der Waals surface area contributed by atoms with Crippen molar-refractivity contribution in [3.63, 3.8) is 0 Å². The fourth-order valence-electron chi connectivity index (χ4n) is 5.59. The summed E-state index contributed by atoms with van der Waals surface area (Å²) in [6.07, 6.45) is 10.1. The third kappa shape index (κ3) is 1.60. The first-order valence-electron chi connectivity index (χ1n) is 7.91. The lowest BCUT2D eigenvalue weighted by molar-refractivity contribution is -0.0445. The molecule has 4 nitrogen and oxygen atoms in total. The highest BCUT2D eigenvalue weighted by Gasteiger charge is 2.52. The molecule has 0 spiro atoms. The van der Waals surface area contributed by atoms with Crippen molar-refractivity contribution in [3.8, 4) is 0 Å². The van der Waals surface area contributed by atoms with Crippen LogP contribution in [-0.4, -0.2) is 20.6 Å². The number of imidazole rings is 1.